The highest BCUT2D eigenvalue weighted by molar-refractivity contribution is 5.88. The van der Waals surface area contributed by atoms with Gasteiger partial charge in [0.05, 0.1) is 11.3 Å². The molecule has 0 aliphatic carbocycles. The van der Waals surface area contributed by atoms with Gasteiger partial charge in [0.25, 0.3) is 0 Å². The Hall–Kier alpha value is -1.69. The molecule has 0 spiro atoms. The highest BCUT2D eigenvalue weighted by Gasteiger charge is 2.24. The molecule has 2 rings (SSSR count). The van der Waals surface area contributed by atoms with Gasteiger partial charge in [0.15, 0.2) is 11.6 Å². The van der Waals surface area contributed by atoms with Crippen LogP contribution in [0.15, 0.2) is 12.1 Å². The Balaban J connectivity index is 2.07. The molecule has 0 aromatic heterocycles. The first kappa shape index (κ1) is 15.7. The van der Waals surface area contributed by atoms with Crippen LogP contribution < -0.4 is 10.2 Å². The first-order valence-corrected chi connectivity index (χ1v) is 7.15. The molecule has 1 aromatic carbocycles. The van der Waals surface area contributed by atoms with E-state index in [0.717, 1.165) is 31.9 Å². The summed E-state index contributed by atoms with van der Waals surface area (Å²) in [6.07, 6.45) is 2.95. The first-order chi connectivity index (χ1) is 10.0. The fourth-order valence-electron chi connectivity index (χ4n) is 2.76. The Bertz CT molecular complexity index is 515. The van der Waals surface area contributed by atoms with E-state index in [1.807, 2.05) is 7.05 Å². The second-order valence-corrected chi connectivity index (χ2v) is 5.39. The fraction of sp³-hybridized carbons (Fsp3) is 0.533. The maximum atomic E-state index is 14.0. The third kappa shape index (κ3) is 3.50. The van der Waals surface area contributed by atoms with E-state index < -0.39 is 23.2 Å². The van der Waals surface area contributed by atoms with E-state index in [-0.39, 0.29) is 5.69 Å². The molecule has 1 heterocycles. The number of carboxylic acids is 1. The minimum absolute atomic E-state index is 0.157. The quantitative estimate of drug-likeness (QED) is 0.877. The van der Waals surface area contributed by atoms with Crippen LogP contribution >= 0.6 is 0 Å². The van der Waals surface area contributed by atoms with E-state index in [1.165, 1.54) is 6.07 Å². The second-order valence-electron chi connectivity index (χ2n) is 5.39. The molecule has 116 valence electrons. The molecule has 1 aliphatic rings. The predicted molar refractivity (Wildman–Crippen MR) is 76.8 cm³/mol. The Morgan fingerprint density at radius 2 is 2.00 bits per heavy atom. The number of halogens is 2. The monoisotopic (exact) mass is 298 g/mol. The molecular formula is C15H20F2N2O2. The highest BCUT2D eigenvalue weighted by atomic mass is 19.2. The molecule has 1 aliphatic heterocycles. The van der Waals surface area contributed by atoms with Crippen LogP contribution in [-0.4, -0.2) is 37.8 Å². The van der Waals surface area contributed by atoms with Gasteiger partial charge in [-0.2, -0.15) is 0 Å². The molecule has 1 saturated heterocycles. The Morgan fingerprint density at radius 3 is 2.57 bits per heavy atom. The van der Waals surface area contributed by atoms with Crippen molar-refractivity contribution in [2.75, 3.05) is 31.6 Å². The van der Waals surface area contributed by atoms with Gasteiger partial charge in [0.1, 0.15) is 0 Å². The molecule has 0 radical (unpaired) electrons. The maximum Gasteiger partial charge on any atom is 0.338 e. The summed E-state index contributed by atoms with van der Waals surface area (Å²) in [4.78, 5) is 12.6. The average molecular weight is 298 g/mol. The largest absolute Gasteiger partial charge is 0.478 e. The van der Waals surface area contributed by atoms with E-state index in [2.05, 4.69) is 5.32 Å². The number of carboxylic acid groups (broad SMARTS) is 1. The van der Waals surface area contributed by atoms with E-state index >= 15 is 0 Å². The SMILES string of the molecule is CNCCC1CCN(c2ccc(C(=O)O)c(F)c2F)CC1. The molecule has 1 fully saturated rings. The van der Waals surface area contributed by atoms with Crippen LogP contribution in [0.2, 0.25) is 0 Å². The summed E-state index contributed by atoms with van der Waals surface area (Å²) in [5.74, 6) is -3.20. The normalized spacial score (nSPS) is 16.2. The zero-order valence-corrected chi connectivity index (χ0v) is 12.0. The van der Waals surface area contributed by atoms with Gasteiger partial charge < -0.3 is 15.3 Å². The van der Waals surface area contributed by atoms with Crippen LogP contribution in [0.25, 0.3) is 0 Å². The summed E-state index contributed by atoms with van der Waals surface area (Å²) in [7, 11) is 1.91. The lowest BCUT2D eigenvalue weighted by Gasteiger charge is -2.34. The fourth-order valence-corrected chi connectivity index (χ4v) is 2.76. The third-order valence-corrected chi connectivity index (χ3v) is 4.05. The van der Waals surface area contributed by atoms with Gasteiger partial charge in [-0.25, -0.2) is 13.6 Å². The lowest BCUT2D eigenvalue weighted by molar-refractivity contribution is 0.0690. The smallest absolute Gasteiger partial charge is 0.338 e. The number of anilines is 1. The number of carbonyl (C=O) groups is 1. The predicted octanol–water partition coefficient (Wildman–Crippen LogP) is 2.49. The van der Waals surface area contributed by atoms with Gasteiger partial charge in [-0.15, -0.1) is 0 Å². The molecular weight excluding hydrogens is 278 g/mol. The number of piperidine rings is 1. The highest BCUT2D eigenvalue weighted by Crippen LogP contribution is 2.29. The van der Waals surface area contributed by atoms with Crippen molar-refractivity contribution in [3.63, 3.8) is 0 Å². The van der Waals surface area contributed by atoms with Gasteiger partial charge in [0.2, 0.25) is 0 Å². The van der Waals surface area contributed by atoms with Crippen molar-refractivity contribution in [2.45, 2.75) is 19.3 Å². The molecule has 0 atom stereocenters. The number of aromatic carboxylic acids is 1. The standard InChI is InChI=1S/C15H20F2N2O2/c1-18-7-4-10-5-8-19(9-6-10)12-3-2-11(15(20)21)13(16)14(12)17/h2-3,10,18H,4-9H2,1H3,(H,20,21). The summed E-state index contributed by atoms with van der Waals surface area (Å²) in [6, 6.07) is 2.49. The first-order valence-electron chi connectivity index (χ1n) is 7.15. The van der Waals surface area contributed by atoms with Crippen molar-refractivity contribution >= 4 is 11.7 Å². The summed E-state index contributed by atoms with van der Waals surface area (Å²) in [5.41, 5.74) is -0.468. The topological polar surface area (TPSA) is 52.6 Å². The number of nitrogens with one attached hydrogen (secondary N) is 1. The van der Waals surface area contributed by atoms with Gasteiger partial charge in [-0.1, -0.05) is 0 Å². The van der Waals surface area contributed by atoms with E-state index in [4.69, 9.17) is 5.11 Å². The second kappa shape index (κ2) is 6.85. The number of benzene rings is 1. The molecule has 0 unspecified atom stereocenters. The van der Waals surface area contributed by atoms with Crippen LogP contribution in [0.4, 0.5) is 14.5 Å². The molecule has 1 aromatic rings. The Morgan fingerprint density at radius 1 is 1.33 bits per heavy atom. The molecule has 2 N–H and O–H groups in total. The average Bonchev–Trinajstić information content (AvgIpc) is 2.48. The van der Waals surface area contributed by atoms with Gasteiger partial charge in [-0.05, 0) is 50.9 Å². The van der Waals surface area contributed by atoms with Crippen molar-refractivity contribution in [3.05, 3.63) is 29.3 Å². The Labute approximate surface area is 122 Å². The number of nitrogens with zero attached hydrogens (tertiary/aromatic N) is 1. The Kier molecular flexibility index (Phi) is 5.12. The summed E-state index contributed by atoms with van der Waals surface area (Å²) >= 11 is 0. The van der Waals surface area contributed by atoms with Crippen molar-refractivity contribution in [1.82, 2.24) is 5.32 Å². The lowest BCUT2D eigenvalue weighted by atomic mass is 9.93. The van der Waals surface area contributed by atoms with E-state index in [1.54, 1.807) is 4.90 Å². The van der Waals surface area contributed by atoms with Crippen LogP contribution in [0, 0.1) is 17.6 Å². The number of hydrogen-bond acceptors (Lipinski definition) is 3. The molecule has 0 saturated carbocycles. The van der Waals surface area contributed by atoms with Crippen LogP contribution in [0.1, 0.15) is 29.6 Å². The zero-order valence-electron chi connectivity index (χ0n) is 12.0. The molecule has 4 nitrogen and oxygen atoms in total. The van der Waals surface area contributed by atoms with Crippen LogP contribution in [0.3, 0.4) is 0 Å². The van der Waals surface area contributed by atoms with Gasteiger partial charge >= 0.3 is 5.97 Å². The van der Waals surface area contributed by atoms with Crippen molar-refractivity contribution in [1.29, 1.82) is 0 Å². The summed E-state index contributed by atoms with van der Waals surface area (Å²) < 4.78 is 27.7. The van der Waals surface area contributed by atoms with Crippen molar-refractivity contribution < 1.29 is 18.7 Å². The van der Waals surface area contributed by atoms with Gasteiger partial charge in [-0.3, -0.25) is 0 Å². The third-order valence-electron chi connectivity index (χ3n) is 4.05. The van der Waals surface area contributed by atoms with Crippen molar-refractivity contribution in [3.8, 4) is 0 Å². The zero-order chi connectivity index (χ0) is 15.4. The number of hydrogen-bond donors (Lipinski definition) is 2. The van der Waals surface area contributed by atoms with Crippen molar-refractivity contribution in [2.24, 2.45) is 5.92 Å². The lowest BCUT2D eigenvalue weighted by Crippen LogP contribution is -2.35. The summed E-state index contributed by atoms with van der Waals surface area (Å²) in [6.45, 7) is 2.29. The number of rotatable bonds is 5. The maximum absolute atomic E-state index is 14.0. The minimum atomic E-state index is -1.45. The van der Waals surface area contributed by atoms with Gasteiger partial charge in [0, 0.05) is 13.1 Å². The molecule has 0 bridgehead atoms. The summed E-state index contributed by atoms with van der Waals surface area (Å²) in [5, 5.41) is 11.9. The van der Waals surface area contributed by atoms with E-state index in [9.17, 15) is 13.6 Å². The van der Waals surface area contributed by atoms with Crippen LogP contribution in [0.5, 0.6) is 0 Å². The van der Waals surface area contributed by atoms with E-state index in [0.29, 0.717) is 19.0 Å². The molecule has 0 amide bonds. The minimum Gasteiger partial charge on any atom is -0.478 e. The van der Waals surface area contributed by atoms with Crippen LogP contribution in [-0.2, 0) is 0 Å². The molecule has 6 heteroatoms. The molecule has 21 heavy (non-hydrogen) atoms.